The molecular weight excluding hydrogens is 312 g/mol. The van der Waals surface area contributed by atoms with Crippen LogP contribution in [0.5, 0.6) is 5.75 Å². The Morgan fingerprint density at radius 1 is 1.35 bits per heavy atom. The van der Waals surface area contributed by atoms with Crippen molar-refractivity contribution in [2.45, 2.75) is 6.92 Å². The zero-order chi connectivity index (χ0) is 16.2. The van der Waals surface area contributed by atoms with Crippen LogP contribution in [0.15, 0.2) is 53.1 Å². The lowest BCUT2D eigenvalue weighted by atomic mass is 10.2. The Balaban J connectivity index is 1.67. The molecule has 0 fully saturated rings. The number of nitrogens with two attached hydrogens (primary N) is 1. The van der Waals surface area contributed by atoms with Crippen molar-refractivity contribution in [2.24, 2.45) is 5.10 Å². The Labute approximate surface area is 136 Å². The lowest BCUT2D eigenvalue weighted by Crippen LogP contribution is -2.06. The second-order valence-electron chi connectivity index (χ2n) is 4.77. The van der Waals surface area contributed by atoms with Crippen LogP contribution < -0.4 is 10.5 Å². The van der Waals surface area contributed by atoms with E-state index in [2.05, 4.69) is 10.1 Å². The third kappa shape index (κ3) is 3.64. The summed E-state index contributed by atoms with van der Waals surface area (Å²) in [5, 5.41) is 6.06. The minimum Gasteiger partial charge on any atom is -0.422 e. The van der Waals surface area contributed by atoms with Crippen LogP contribution in [-0.2, 0) is 0 Å². The summed E-state index contributed by atoms with van der Waals surface area (Å²) in [6.07, 6.45) is 3.39. The number of hydrogen-bond acceptors (Lipinski definition) is 6. The monoisotopic (exact) mass is 326 g/mol. The Kier molecular flexibility index (Phi) is 4.20. The summed E-state index contributed by atoms with van der Waals surface area (Å²) in [4.78, 5) is 16.5. The molecule has 0 atom stereocenters. The summed E-state index contributed by atoms with van der Waals surface area (Å²) < 4.78 is 6.79. The van der Waals surface area contributed by atoms with Crippen molar-refractivity contribution in [2.75, 3.05) is 5.73 Å². The van der Waals surface area contributed by atoms with Gasteiger partial charge in [-0.15, -0.1) is 11.3 Å². The molecule has 6 nitrogen and oxygen atoms in total. The van der Waals surface area contributed by atoms with Gasteiger partial charge in [0, 0.05) is 0 Å². The molecule has 0 amide bonds. The molecule has 0 unspecified atom stereocenters. The normalized spacial score (nSPS) is 11.0. The molecule has 0 aliphatic carbocycles. The molecule has 2 heterocycles. The van der Waals surface area contributed by atoms with Crippen molar-refractivity contribution in [3.05, 3.63) is 64.1 Å². The van der Waals surface area contributed by atoms with Crippen molar-refractivity contribution in [3.8, 4) is 5.75 Å². The second-order valence-corrected chi connectivity index (χ2v) is 5.71. The van der Waals surface area contributed by atoms with Crippen LogP contribution in [0.1, 0.15) is 20.9 Å². The molecule has 0 aliphatic rings. The van der Waals surface area contributed by atoms with Gasteiger partial charge in [0.2, 0.25) is 5.95 Å². The average Bonchev–Trinajstić information content (AvgIpc) is 3.16. The molecule has 0 saturated heterocycles. The zero-order valence-corrected chi connectivity index (χ0v) is 13.2. The number of esters is 1. The van der Waals surface area contributed by atoms with Gasteiger partial charge in [-0.05, 0) is 48.2 Å². The Bertz CT molecular complexity index is 836. The molecule has 23 heavy (non-hydrogen) atoms. The van der Waals surface area contributed by atoms with Crippen molar-refractivity contribution in [1.29, 1.82) is 0 Å². The predicted octanol–water partition coefficient (Wildman–Crippen LogP) is 2.94. The van der Waals surface area contributed by atoms with Crippen LogP contribution in [0.4, 0.5) is 5.95 Å². The molecule has 7 heteroatoms. The predicted molar refractivity (Wildman–Crippen MR) is 90.1 cm³/mol. The maximum absolute atomic E-state index is 11.8. The van der Waals surface area contributed by atoms with Crippen molar-refractivity contribution in [3.63, 3.8) is 0 Å². The fourth-order valence-corrected chi connectivity index (χ4v) is 2.50. The number of nitrogens with zero attached hydrogens (tertiary/aromatic N) is 3. The first-order valence-electron chi connectivity index (χ1n) is 6.83. The van der Waals surface area contributed by atoms with E-state index < -0.39 is 0 Å². The van der Waals surface area contributed by atoms with Crippen molar-refractivity contribution >= 4 is 29.5 Å². The highest BCUT2D eigenvalue weighted by Crippen LogP contribution is 2.16. The Hall–Kier alpha value is -2.93. The van der Waals surface area contributed by atoms with E-state index in [-0.39, 0.29) is 5.97 Å². The largest absolute Gasteiger partial charge is 0.422 e. The van der Waals surface area contributed by atoms with Crippen LogP contribution in [0.2, 0.25) is 0 Å². The number of rotatable bonds is 4. The number of carbonyl (C=O) groups excluding carboxylic acids is 1. The van der Waals surface area contributed by atoms with E-state index in [0.717, 1.165) is 11.3 Å². The lowest BCUT2D eigenvalue weighted by Gasteiger charge is -2.02. The molecule has 0 radical (unpaired) electrons. The number of carbonyl (C=O) groups is 1. The molecule has 0 spiro atoms. The Morgan fingerprint density at radius 2 is 2.13 bits per heavy atom. The number of benzene rings is 1. The number of aromatic nitrogens is 2. The molecule has 0 saturated carbocycles. The number of ether oxygens (including phenoxy) is 1. The van der Waals surface area contributed by atoms with Crippen LogP contribution in [0, 0.1) is 6.92 Å². The summed E-state index contributed by atoms with van der Waals surface area (Å²) in [6.45, 7) is 1.85. The Morgan fingerprint density at radius 3 is 2.74 bits per heavy atom. The molecule has 1 aromatic carbocycles. The lowest BCUT2D eigenvalue weighted by molar-refractivity contribution is 0.0740. The van der Waals surface area contributed by atoms with E-state index in [9.17, 15) is 4.79 Å². The van der Waals surface area contributed by atoms with E-state index in [1.807, 2.05) is 18.4 Å². The summed E-state index contributed by atoms with van der Waals surface area (Å²) >= 11 is 1.35. The SMILES string of the molecule is Cc1cn(N=Cc2ccc(OC(=O)c3cccs3)cc2)c(N)n1. The third-order valence-corrected chi connectivity index (χ3v) is 3.83. The van der Waals surface area contributed by atoms with Gasteiger partial charge in [-0.3, -0.25) is 0 Å². The quantitative estimate of drug-likeness (QED) is 0.454. The zero-order valence-electron chi connectivity index (χ0n) is 12.3. The second kappa shape index (κ2) is 6.45. The van der Waals surface area contributed by atoms with Crippen molar-refractivity contribution in [1.82, 2.24) is 9.66 Å². The van der Waals surface area contributed by atoms with E-state index >= 15 is 0 Å². The molecule has 2 aromatic heterocycles. The summed E-state index contributed by atoms with van der Waals surface area (Å²) in [7, 11) is 0. The molecule has 0 bridgehead atoms. The van der Waals surface area contributed by atoms with Gasteiger partial charge in [0.1, 0.15) is 10.6 Å². The fraction of sp³-hybridized carbons (Fsp3) is 0.0625. The standard InChI is InChI=1S/C16H14N4O2S/c1-11-10-20(16(17)19-11)18-9-12-4-6-13(7-5-12)22-15(21)14-3-2-8-23-14/h2-10H,1H3,(H2,17,19). The maximum Gasteiger partial charge on any atom is 0.353 e. The molecule has 3 rings (SSSR count). The van der Waals surface area contributed by atoms with Gasteiger partial charge in [-0.1, -0.05) is 6.07 Å². The van der Waals surface area contributed by atoms with Gasteiger partial charge >= 0.3 is 5.97 Å². The van der Waals surface area contributed by atoms with Crippen LogP contribution >= 0.6 is 11.3 Å². The minimum absolute atomic E-state index is 0.334. The van der Waals surface area contributed by atoms with E-state index in [0.29, 0.717) is 16.6 Å². The first kappa shape index (κ1) is 15.0. The van der Waals surface area contributed by atoms with Gasteiger partial charge in [0.25, 0.3) is 0 Å². The van der Waals surface area contributed by atoms with Gasteiger partial charge in [0.05, 0.1) is 18.1 Å². The number of nitrogen functional groups attached to an aromatic ring is 1. The van der Waals surface area contributed by atoms with Crippen molar-refractivity contribution < 1.29 is 9.53 Å². The topological polar surface area (TPSA) is 82.5 Å². The van der Waals surface area contributed by atoms with Gasteiger partial charge < -0.3 is 10.5 Å². The summed E-state index contributed by atoms with van der Waals surface area (Å²) in [6, 6.07) is 10.6. The smallest absolute Gasteiger partial charge is 0.353 e. The number of anilines is 1. The van der Waals surface area contributed by atoms with E-state index in [1.165, 1.54) is 16.0 Å². The summed E-state index contributed by atoms with van der Waals surface area (Å²) in [5.74, 6) is 0.460. The van der Waals surface area contributed by atoms with E-state index in [4.69, 9.17) is 10.5 Å². The minimum atomic E-state index is -0.358. The molecule has 2 N–H and O–H groups in total. The third-order valence-electron chi connectivity index (χ3n) is 2.98. The maximum atomic E-state index is 11.8. The summed E-state index contributed by atoms with van der Waals surface area (Å²) in [5.41, 5.74) is 7.37. The number of hydrogen-bond donors (Lipinski definition) is 1. The first-order chi connectivity index (χ1) is 11.1. The molecular formula is C16H14N4O2S. The highest BCUT2D eigenvalue weighted by molar-refractivity contribution is 7.12. The van der Waals surface area contributed by atoms with Crippen LogP contribution in [-0.4, -0.2) is 21.8 Å². The number of imidazole rings is 1. The fourth-order valence-electron chi connectivity index (χ4n) is 1.90. The van der Waals surface area contributed by atoms with E-state index in [1.54, 1.807) is 42.7 Å². The average molecular weight is 326 g/mol. The molecule has 116 valence electrons. The van der Waals surface area contributed by atoms with Crippen LogP contribution in [0.25, 0.3) is 0 Å². The number of thiophene rings is 1. The molecule has 0 aliphatic heterocycles. The van der Waals surface area contributed by atoms with Gasteiger partial charge in [-0.2, -0.15) is 5.10 Å². The van der Waals surface area contributed by atoms with Gasteiger partial charge in [0.15, 0.2) is 0 Å². The highest BCUT2D eigenvalue weighted by Gasteiger charge is 2.08. The number of aryl methyl sites for hydroxylation is 1. The molecule has 3 aromatic rings. The van der Waals surface area contributed by atoms with Gasteiger partial charge in [-0.25, -0.2) is 14.5 Å². The highest BCUT2D eigenvalue weighted by atomic mass is 32.1. The first-order valence-corrected chi connectivity index (χ1v) is 7.71. The van der Waals surface area contributed by atoms with Crippen LogP contribution in [0.3, 0.4) is 0 Å².